The van der Waals surface area contributed by atoms with Crippen LogP contribution in [-0.4, -0.2) is 83.1 Å². The van der Waals surface area contributed by atoms with Gasteiger partial charge in [0, 0.05) is 13.1 Å². The minimum atomic E-state index is -1.66. The van der Waals surface area contributed by atoms with E-state index in [4.69, 9.17) is 18.9 Å². The number of rotatable bonds is 6. The molecule has 2 aliphatic rings. The third-order valence-electron chi connectivity index (χ3n) is 7.56. The Balaban J connectivity index is 2.03. The van der Waals surface area contributed by atoms with Gasteiger partial charge in [0.2, 0.25) is 0 Å². The van der Waals surface area contributed by atoms with E-state index in [1.54, 1.807) is 45.5 Å². The molecule has 36 heavy (non-hydrogen) atoms. The normalized spacial score (nSPS) is 28.3. The quantitative estimate of drug-likeness (QED) is 0.441. The molecule has 9 heteroatoms. The van der Waals surface area contributed by atoms with Crippen LogP contribution in [0.3, 0.4) is 0 Å². The van der Waals surface area contributed by atoms with E-state index in [0.717, 1.165) is 11.1 Å². The van der Waals surface area contributed by atoms with Crippen molar-refractivity contribution in [1.82, 2.24) is 9.80 Å². The van der Waals surface area contributed by atoms with Gasteiger partial charge in [-0.1, -0.05) is 24.3 Å². The van der Waals surface area contributed by atoms with Gasteiger partial charge in [0.15, 0.2) is 16.6 Å². The van der Waals surface area contributed by atoms with Crippen LogP contribution in [0, 0.1) is 10.8 Å². The van der Waals surface area contributed by atoms with Crippen LogP contribution in [-0.2, 0) is 23.9 Å². The predicted octanol–water partition coefficient (Wildman–Crippen LogP) is 2.26. The number of likely N-dealkylation sites (tertiary alicyclic amines) is 2. The second-order valence-corrected chi connectivity index (χ2v) is 9.44. The number of ether oxygens (including phenoxy) is 4. The van der Waals surface area contributed by atoms with Gasteiger partial charge in [-0.25, -0.2) is 0 Å². The zero-order valence-corrected chi connectivity index (χ0v) is 21.4. The Hall–Kier alpha value is -3.43. The van der Waals surface area contributed by atoms with Crippen LogP contribution in [0.5, 0.6) is 11.5 Å². The molecule has 2 fully saturated rings. The maximum Gasteiger partial charge on any atom is 0.322 e. The number of carbonyl (C=O) groups is 3. The molecule has 9 nitrogen and oxygen atoms in total. The van der Waals surface area contributed by atoms with Crippen molar-refractivity contribution < 1.29 is 33.3 Å². The van der Waals surface area contributed by atoms with Crippen molar-refractivity contribution in [2.24, 2.45) is 10.8 Å². The molecule has 0 radical (unpaired) electrons. The van der Waals surface area contributed by atoms with Crippen molar-refractivity contribution in [2.75, 3.05) is 55.6 Å². The van der Waals surface area contributed by atoms with Gasteiger partial charge in [0.05, 0.1) is 40.5 Å². The monoisotopic (exact) mass is 496 g/mol. The van der Waals surface area contributed by atoms with E-state index in [1.165, 1.54) is 14.2 Å². The molecular weight excluding hydrogens is 464 g/mol. The molecule has 4 atom stereocenters. The van der Waals surface area contributed by atoms with Crippen molar-refractivity contribution >= 4 is 17.7 Å². The van der Waals surface area contributed by atoms with Crippen LogP contribution in [0.15, 0.2) is 48.5 Å². The average Bonchev–Trinajstić information content (AvgIpc) is 2.90. The van der Waals surface area contributed by atoms with Crippen LogP contribution < -0.4 is 9.47 Å². The lowest BCUT2D eigenvalue weighted by molar-refractivity contribution is -0.202. The maximum atomic E-state index is 14.7. The van der Waals surface area contributed by atoms with Crippen LogP contribution in [0.1, 0.15) is 23.2 Å². The van der Waals surface area contributed by atoms with Crippen molar-refractivity contribution in [3.05, 3.63) is 59.7 Å². The fourth-order valence-electron chi connectivity index (χ4n) is 6.23. The highest BCUT2D eigenvalue weighted by atomic mass is 16.5. The van der Waals surface area contributed by atoms with Crippen LogP contribution in [0.2, 0.25) is 0 Å². The second kappa shape index (κ2) is 9.55. The van der Waals surface area contributed by atoms with Crippen LogP contribution >= 0.6 is 0 Å². The summed E-state index contributed by atoms with van der Waals surface area (Å²) >= 11 is 0. The molecular formula is C27H32N2O7. The number of hydrogen-bond donors (Lipinski definition) is 0. The van der Waals surface area contributed by atoms with E-state index in [-0.39, 0.29) is 13.1 Å². The smallest absolute Gasteiger partial charge is 0.322 e. The van der Waals surface area contributed by atoms with Crippen molar-refractivity contribution in [3.8, 4) is 11.5 Å². The summed E-state index contributed by atoms with van der Waals surface area (Å²) in [6.07, 6.45) is 0. The Morgan fingerprint density at radius 1 is 0.722 bits per heavy atom. The number of ketones is 1. The van der Waals surface area contributed by atoms with Gasteiger partial charge in [-0.2, -0.15) is 0 Å². The molecule has 0 aromatic heterocycles. The zero-order chi connectivity index (χ0) is 26.3. The van der Waals surface area contributed by atoms with E-state index < -0.39 is 40.6 Å². The number of fused-ring (bicyclic) bond motifs is 2. The molecule has 0 N–H and O–H groups in total. The summed E-state index contributed by atoms with van der Waals surface area (Å²) in [4.78, 5) is 45.6. The Labute approximate surface area is 210 Å². The number of piperidine rings is 2. The Bertz CT molecular complexity index is 1060. The molecule has 2 bridgehead atoms. The van der Waals surface area contributed by atoms with E-state index in [0.29, 0.717) is 11.5 Å². The molecule has 0 amide bonds. The molecule has 192 valence electrons. The highest BCUT2D eigenvalue weighted by Gasteiger charge is 2.74. The Kier molecular flexibility index (Phi) is 6.81. The molecule has 2 heterocycles. The lowest BCUT2D eigenvalue weighted by Crippen LogP contribution is -2.75. The highest BCUT2D eigenvalue weighted by molar-refractivity contribution is 6.17. The fraction of sp³-hybridized carbons (Fsp3) is 0.444. The summed E-state index contributed by atoms with van der Waals surface area (Å²) in [6, 6.07) is 13.0. The first-order valence-electron chi connectivity index (χ1n) is 11.6. The summed E-state index contributed by atoms with van der Waals surface area (Å²) in [7, 11) is 9.29. The molecule has 4 rings (SSSR count). The predicted molar refractivity (Wildman–Crippen MR) is 131 cm³/mol. The van der Waals surface area contributed by atoms with E-state index in [9.17, 15) is 14.4 Å². The third kappa shape index (κ3) is 3.57. The maximum absolute atomic E-state index is 14.7. The molecule has 2 aromatic carbocycles. The SMILES string of the molecule is COC(=O)[C@]12CN(C)C[C@](C(=O)OC)(C1=O)[C@@H](c1ccc(OC)cc1)N(C)[C@H]2c1ccc(OC)cc1. The van der Waals surface area contributed by atoms with E-state index in [1.807, 2.05) is 41.1 Å². The van der Waals surface area contributed by atoms with Gasteiger partial charge in [-0.05, 0) is 49.5 Å². The molecule has 0 unspecified atom stereocenters. The molecule has 2 saturated heterocycles. The molecule has 0 aliphatic carbocycles. The summed E-state index contributed by atoms with van der Waals surface area (Å²) in [5.74, 6) is -0.577. The number of benzene rings is 2. The minimum absolute atomic E-state index is 0.0909. The first-order chi connectivity index (χ1) is 17.2. The standard InChI is InChI=1S/C27H32N2O7/c1-28-15-26(24(31)35-5)21(17-7-11-19(33-3)12-8-17)29(2)22(18-9-13-20(34-4)14-10-18)27(16-28,23(26)30)25(32)36-6/h7-14,21-22H,15-16H2,1-6H3/t21-,22+,26-,27+. The first-order valence-corrected chi connectivity index (χ1v) is 11.6. The van der Waals surface area contributed by atoms with Crippen molar-refractivity contribution in [1.29, 1.82) is 0 Å². The van der Waals surface area contributed by atoms with Crippen LogP contribution in [0.4, 0.5) is 0 Å². The Morgan fingerprint density at radius 2 is 1.08 bits per heavy atom. The number of methoxy groups -OCH3 is 4. The summed E-state index contributed by atoms with van der Waals surface area (Å²) in [6.45, 7) is 0.182. The number of esters is 2. The zero-order valence-electron chi connectivity index (χ0n) is 21.4. The van der Waals surface area contributed by atoms with Gasteiger partial charge < -0.3 is 23.8 Å². The first kappa shape index (κ1) is 25.7. The van der Waals surface area contributed by atoms with Gasteiger partial charge in [-0.3, -0.25) is 19.3 Å². The fourth-order valence-corrected chi connectivity index (χ4v) is 6.23. The summed E-state index contributed by atoms with van der Waals surface area (Å²) in [5.41, 5.74) is -1.88. The number of Topliss-reactive ketones (excluding diaryl/α,β-unsaturated/α-hetero) is 1. The van der Waals surface area contributed by atoms with E-state index in [2.05, 4.69) is 0 Å². The lowest BCUT2D eigenvalue weighted by atomic mass is 9.54. The third-order valence-corrected chi connectivity index (χ3v) is 7.56. The second-order valence-electron chi connectivity index (χ2n) is 9.44. The number of carbonyl (C=O) groups excluding carboxylic acids is 3. The van der Waals surface area contributed by atoms with Gasteiger partial charge >= 0.3 is 11.9 Å². The minimum Gasteiger partial charge on any atom is -0.497 e. The molecule has 2 aliphatic heterocycles. The lowest BCUT2D eigenvalue weighted by Gasteiger charge is -2.60. The van der Waals surface area contributed by atoms with Gasteiger partial charge in [0.25, 0.3) is 0 Å². The van der Waals surface area contributed by atoms with E-state index >= 15 is 0 Å². The Morgan fingerprint density at radius 3 is 1.39 bits per heavy atom. The average molecular weight is 497 g/mol. The number of hydrogen-bond acceptors (Lipinski definition) is 9. The van der Waals surface area contributed by atoms with Crippen molar-refractivity contribution in [3.63, 3.8) is 0 Å². The summed E-state index contributed by atoms with van der Waals surface area (Å²) < 4.78 is 21.1. The highest BCUT2D eigenvalue weighted by Crippen LogP contribution is 2.60. The van der Waals surface area contributed by atoms with Crippen LogP contribution in [0.25, 0.3) is 0 Å². The number of nitrogens with zero attached hydrogens (tertiary/aromatic N) is 2. The largest absolute Gasteiger partial charge is 0.497 e. The van der Waals surface area contributed by atoms with Crippen molar-refractivity contribution in [2.45, 2.75) is 12.1 Å². The molecule has 0 spiro atoms. The molecule has 2 aromatic rings. The topological polar surface area (TPSA) is 94.6 Å². The van der Waals surface area contributed by atoms with Gasteiger partial charge in [-0.15, -0.1) is 0 Å². The summed E-state index contributed by atoms with van der Waals surface area (Å²) in [5, 5.41) is 0. The van der Waals surface area contributed by atoms with Gasteiger partial charge in [0.1, 0.15) is 11.5 Å². The molecule has 0 saturated carbocycles.